The minimum absolute atomic E-state index is 0.854. The Hall–Kier alpha value is -1.97. The Morgan fingerprint density at radius 2 is 2.32 bits per heavy atom. The number of anilines is 1. The highest BCUT2D eigenvalue weighted by Crippen LogP contribution is 2.26. The number of hydrogen-bond donors (Lipinski definition) is 1. The van der Waals surface area contributed by atoms with E-state index in [0.29, 0.717) is 0 Å². The predicted molar refractivity (Wildman–Crippen MR) is 75.8 cm³/mol. The fourth-order valence-corrected chi connectivity index (χ4v) is 2.65. The van der Waals surface area contributed by atoms with Gasteiger partial charge in [-0.2, -0.15) is 5.10 Å². The summed E-state index contributed by atoms with van der Waals surface area (Å²) in [5, 5.41) is 7.69. The van der Waals surface area contributed by atoms with Crippen LogP contribution in [0, 0.1) is 0 Å². The van der Waals surface area contributed by atoms with Gasteiger partial charge in [0.2, 0.25) is 0 Å². The first kappa shape index (κ1) is 12.1. The van der Waals surface area contributed by atoms with Gasteiger partial charge < -0.3 is 10.1 Å². The molecule has 19 heavy (non-hydrogen) atoms. The van der Waals surface area contributed by atoms with Crippen molar-refractivity contribution in [3.63, 3.8) is 0 Å². The molecular weight excluding hydrogens is 238 g/mol. The number of aryl methyl sites for hydroxylation is 2. The fraction of sp³-hybridized carbons (Fsp3) is 0.400. The molecule has 4 nitrogen and oxygen atoms in total. The molecule has 1 aromatic carbocycles. The molecule has 0 amide bonds. The summed E-state index contributed by atoms with van der Waals surface area (Å²) in [6.45, 7) is 1.09. The van der Waals surface area contributed by atoms with Crippen molar-refractivity contribution in [1.29, 1.82) is 0 Å². The van der Waals surface area contributed by atoms with E-state index in [4.69, 9.17) is 4.74 Å². The second-order valence-electron chi connectivity index (χ2n) is 4.98. The molecule has 0 fully saturated rings. The third-order valence-corrected chi connectivity index (χ3v) is 3.72. The number of aromatic nitrogens is 2. The summed E-state index contributed by atoms with van der Waals surface area (Å²) in [6, 6.07) is 6.67. The van der Waals surface area contributed by atoms with Crippen LogP contribution in [0.25, 0.3) is 0 Å². The second kappa shape index (κ2) is 4.96. The maximum Gasteiger partial charge on any atom is 0.160 e. The highest BCUT2D eigenvalue weighted by atomic mass is 16.5. The number of rotatable bonds is 3. The van der Waals surface area contributed by atoms with Crippen LogP contribution in [0.2, 0.25) is 0 Å². The SMILES string of the molecule is COc1cnn(C)c1Cc1ccc2c(c1)CCCN2. The van der Waals surface area contributed by atoms with Gasteiger partial charge in [0.05, 0.1) is 19.0 Å². The summed E-state index contributed by atoms with van der Waals surface area (Å²) in [4.78, 5) is 0. The molecule has 3 rings (SSSR count). The van der Waals surface area contributed by atoms with Gasteiger partial charge in [0.1, 0.15) is 0 Å². The lowest BCUT2D eigenvalue weighted by Gasteiger charge is -2.18. The van der Waals surface area contributed by atoms with Crippen molar-refractivity contribution in [2.75, 3.05) is 19.0 Å². The van der Waals surface area contributed by atoms with Crippen molar-refractivity contribution < 1.29 is 4.74 Å². The molecule has 2 aromatic rings. The maximum atomic E-state index is 5.36. The average Bonchev–Trinajstić information content (AvgIpc) is 2.79. The first-order valence-corrected chi connectivity index (χ1v) is 6.68. The maximum absolute atomic E-state index is 5.36. The Morgan fingerprint density at radius 1 is 1.42 bits per heavy atom. The molecule has 100 valence electrons. The lowest BCUT2D eigenvalue weighted by molar-refractivity contribution is 0.409. The van der Waals surface area contributed by atoms with E-state index in [-0.39, 0.29) is 0 Å². The van der Waals surface area contributed by atoms with E-state index in [1.165, 1.54) is 29.7 Å². The summed E-state index contributed by atoms with van der Waals surface area (Å²) in [5.74, 6) is 0.860. The first-order chi connectivity index (χ1) is 9.28. The Balaban J connectivity index is 1.89. The van der Waals surface area contributed by atoms with Crippen molar-refractivity contribution in [2.24, 2.45) is 7.05 Å². The van der Waals surface area contributed by atoms with Gasteiger partial charge in [0, 0.05) is 25.7 Å². The van der Waals surface area contributed by atoms with Crippen LogP contribution in [0.15, 0.2) is 24.4 Å². The van der Waals surface area contributed by atoms with Gasteiger partial charge in [-0.25, -0.2) is 0 Å². The molecule has 4 heteroatoms. The molecule has 0 saturated carbocycles. The van der Waals surface area contributed by atoms with Crippen LogP contribution in [-0.2, 0) is 19.9 Å². The van der Waals surface area contributed by atoms with Crippen molar-refractivity contribution in [3.8, 4) is 5.75 Å². The van der Waals surface area contributed by atoms with Crippen molar-refractivity contribution in [1.82, 2.24) is 9.78 Å². The highest BCUT2D eigenvalue weighted by Gasteiger charge is 2.12. The van der Waals surface area contributed by atoms with Gasteiger partial charge in [-0.1, -0.05) is 12.1 Å². The number of benzene rings is 1. The normalized spacial score (nSPS) is 13.8. The molecule has 2 heterocycles. The van der Waals surface area contributed by atoms with Crippen LogP contribution in [0.1, 0.15) is 23.2 Å². The lowest BCUT2D eigenvalue weighted by Crippen LogP contribution is -2.12. The average molecular weight is 257 g/mol. The second-order valence-corrected chi connectivity index (χ2v) is 4.98. The van der Waals surface area contributed by atoms with Gasteiger partial charge >= 0.3 is 0 Å². The van der Waals surface area contributed by atoms with E-state index in [9.17, 15) is 0 Å². The molecule has 0 spiro atoms. The zero-order chi connectivity index (χ0) is 13.2. The van der Waals surface area contributed by atoms with Crippen LogP contribution in [0.4, 0.5) is 5.69 Å². The molecule has 0 bridgehead atoms. The van der Waals surface area contributed by atoms with Gasteiger partial charge in [0.15, 0.2) is 5.75 Å². The molecular formula is C15H19N3O. The predicted octanol–water partition coefficient (Wildman–Crippen LogP) is 2.38. The molecule has 0 unspecified atom stereocenters. The molecule has 0 aliphatic carbocycles. The molecule has 1 N–H and O–H groups in total. The zero-order valence-electron chi connectivity index (χ0n) is 11.4. The molecule has 1 aliphatic rings. The Bertz CT molecular complexity index is 589. The Kier molecular flexibility index (Phi) is 3.15. The number of fused-ring (bicyclic) bond motifs is 1. The fourth-order valence-electron chi connectivity index (χ4n) is 2.65. The monoisotopic (exact) mass is 257 g/mol. The quantitative estimate of drug-likeness (QED) is 0.917. The topological polar surface area (TPSA) is 39.1 Å². The Morgan fingerprint density at radius 3 is 3.16 bits per heavy atom. The summed E-state index contributed by atoms with van der Waals surface area (Å²) in [6.07, 6.45) is 5.01. The molecule has 0 saturated heterocycles. The van der Waals surface area contributed by atoms with E-state index in [1.54, 1.807) is 13.3 Å². The van der Waals surface area contributed by atoms with Crippen molar-refractivity contribution in [2.45, 2.75) is 19.3 Å². The minimum atomic E-state index is 0.854. The molecule has 0 radical (unpaired) electrons. The summed E-state index contributed by atoms with van der Waals surface area (Å²) in [5.41, 5.74) is 5.13. The van der Waals surface area contributed by atoms with Gasteiger partial charge in [0.25, 0.3) is 0 Å². The van der Waals surface area contributed by atoms with E-state index in [1.807, 2.05) is 11.7 Å². The van der Waals surface area contributed by atoms with Gasteiger partial charge in [-0.05, 0) is 30.0 Å². The zero-order valence-corrected chi connectivity index (χ0v) is 11.4. The minimum Gasteiger partial charge on any atom is -0.493 e. The smallest absolute Gasteiger partial charge is 0.160 e. The largest absolute Gasteiger partial charge is 0.493 e. The number of nitrogens with zero attached hydrogens (tertiary/aromatic N) is 2. The van der Waals surface area contributed by atoms with Crippen LogP contribution in [-0.4, -0.2) is 23.4 Å². The summed E-state index contributed by atoms with van der Waals surface area (Å²) in [7, 11) is 3.65. The number of methoxy groups -OCH3 is 1. The van der Waals surface area contributed by atoms with Crippen molar-refractivity contribution in [3.05, 3.63) is 41.2 Å². The van der Waals surface area contributed by atoms with E-state index in [0.717, 1.165) is 24.4 Å². The van der Waals surface area contributed by atoms with Crippen LogP contribution in [0.5, 0.6) is 5.75 Å². The summed E-state index contributed by atoms with van der Waals surface area (Å²) >= 11 is 0. The van der Waals surface area contributed by atoms with Gasteiger partial charge in [-0.3, -0.25) is 4.68 Å². The van der Waals surface area contributed by atoms with Crippen LogP contribution < -0.4 is 10.1 Å². The highest BCUT2D eigenvalue weighted by molar-refractivity contribution is 5.54. The first-order valence-electron chi connectivity index (χ1n) is 6.68. The molecule has 0 atom stereocenters. The third-order valence-electron chi connectivity index (χ3n) is 3.72. The van der Waals surface area contributed by atoms with Crippen molar-refractivity contribution >= 4 is 5.69 Å². The van der Waals surface area contributed by atoms with E-state index < -0.39 is 0 Å². The lowest BCUT2D eigenvalue weighted by atomic mass is 9.99. The van der Waals surface area contributed by atoms with Crippen LogP contribution >= 0.6 is 0 Å². The van der Waals surface area contributed by atoms with Crippen LogP contribution in [0.3, 0.4) is 0 Å². The van der Waals surface area contributed by atoms with E-state index in [2.05, 4.69) is 28.6 Å². The number of hydrogen-bond acceptors (Lipinski definition) is 3. The van der Waals surface area contributed by atoms with Gasteiger partial charge in [-0.15, -0.1) is 0 Å². The standard InChI is InChI=1S/C15H19N3O/c1-18-14(15(19-2)10-17-18)9-11-5-6-13-12(8-11)4-3-7-16-13/h5-6,8,10,16H,3-4,7,9H2,1-2H3. The Labute approximate surface area is 113 Å². The number of ether oxygens (including phenoxy) is 1. The third kappa shape index (κ3) is 2.30. The molecule has 1 aliphatic heterocycles. The van der Waals surface area contributed by atoms with E-state index >= 15 is 0 Å². The number of nitrogens with one attached hydrogen (secondary N) is 1. The summed E-state index contributed by atoms with van der Waals surface area (Å²) < 4.78 is 7.24. The molecule has 1 aromatic heterocycles.